The fraction of sp³-hybridized carbons (Fsp3) is 0.824. The van der Waals surface area contributed by atoms with E-state index in [9.17, 15) is 0 Å². The van der Waals surface area contributed by atoms with Gasteiger partial charge in [-0.25, -0.2) is 0 Å². The van der Waals surface area contributed by atoms with Gasteiger partial charge >= 0.3 is 0 Å². The Morgan fingerprint density at radius 3 is 2.62 bits per heavy atom. The Morgan fingerprint density at radius 1 is 1.29 bits per heavy atom. The van der Waals surface area contributed by atoms with Crippen LogP contribution in [-0.2, 0) is 13.0 Å². The molecule has 0 radical (unpaired) electrons. The second kappa shape index (κ2) is 6.29. The average molecular weight is 310 g/mol. The van der Waals surface area contributed by atoms with Crippen LogP contribution in [0.5, 0.6) is 0 Å². The molecule has 118 valence electrons. The molecule has 0 saturated heterocycles. The smallest absolute Gasteiger partial charge is 0.0847 e. The van der Waals surface area contributed by atoms with E-state index in [1.54, 1.807) is 0 Å². The van der Waals surface area contributed by atoms with Crippen molar-refractivity contribution < 1.29 is 0 Å². The van der Waals surface area contributed by atoms with Crippen LogP contribution in [0.1, 0.15) is 63.3 Å². The molecule has 0 atom stereocenters. The summed E-state index contributed by atoms with van der Waals surface area (Å²) < 4.78 is 2.12. The lowest BCUT2D eigenvalue weighted by atomic mass is 9.71. The highest BCUT2D eigenvalue weighted by molar-refractivity contribution is 6.31. The van der Waals surface area contributed by atoms with Gasteiger partial charge in [-0.05, 0) is 51.4 Å². The summed E-state index contributed by atoms with van der Waals surface area (Å²) in [5.74, 6) is 0. The summed E-state index contributed by atoms with van der Waals surface area (Å²) in [5.41, 5.74) is 2.63. The molecule has 0 aliphatic heterocycles. The predicted octanol–water partition coefficient (Wildman–Crippen LogP) is 4.11. The van der Waals surface area contributed by atoms with E-state index < -0.39 is 0 Å². The van der Waals surface area contributed by atoms with Crippen molar-refractivity contribution in [1.82, 2.24) is 15.1 Å². The Labute approximate surface area is 133 Å². The molecule has 2 fully saturated rings. The van der Waals surface area contributed by atoms with Crippen molar-refractivity contribution in [3.8, 4) is 0 Å². The van der Waals surface area contributed by atoms with Crippen LogP contribution in [0, 0.1) is 12.3 Å². The summed E-state index contributed by atoms with van der Waals surface area (Å²) in [6.45, 7) is 6.24. The maximum atomic E-state index is 6.55. The van der Waals surface area contributed by atoms with Gasteiger partial charge in [-0.3, -0.25) is 4.68 Å². The van der Waals surface area contributed by atoms with Crippen molar-refractivity contribution in [2.45, 2.75) is 77.8 Å². The standard InChI is InChI=1S/C17H28ClN3/c1-3-21-15(16(18)13(2)20-21)11-17(9-5-4-6-10-17)12-19-14-7-8-14/h14,19H,3-12H2,1-2H3. The fourth-order valence-electron chi connectivity index (χ4n) is 3.76. The van der Waals surface area contributed by atoms with E-state index in [-0.39, 0.29) is 0 Å². The van der Waals surface area contributed by atoms with Crippen LogP contribution in [0.2, 0.25) is 5.02 Å². The Kier molecular flexibility index (Phi) is 4.60. The van der Waals surface area contributed by atoms with E-state index in [0.717, 1.165) is 36.3 Å². The number of aromatic nitrogens is 2. The molecule has 1 N–H and O–H groups in total. The van der Waals surface area contributed by atoms with E-state index in [2.05, 4.69) is 22.0 Å². The van der Waals surface area contributed by atoms with Gasteiger partial charge < -0.3 is 5.32 Å². The van der Waals surface area contributed by atoms with Crippen LogP contribution in [0.25, 0.3) is 0 Å². The molecule has 21 heavy (non-hydrogen) atoms. The second-order valence-corrected chi connectivity index (χ2v) is 7.43. The first-order valence-electron chi connectivity index (χ1n) is 8.59. The lowest BCUT2D eigenvalue weighted by Crippen LogP contribution is -2.39. The van der Waals surface area contributed by atoms with E-state index in [1.165, 1.54) is 50.6 Å². The highest BCUT2D eigenvalue weighted by Gasteiger charge is 2.36. The van der Waals surface area contributed by atoms with E-state index >= 15 is 0 Å². The highest BCUT2D eigenvalue weighted by Crippen LogP contribution is 2.41. The summed E-state index contributed by atoms with van der Waals surface area (Å²) in [6.07, 6.45) is 10.6. The van der Waals surface area contributed by atoms with E-state index in [4.69, 9.17) is 11.6 Å². The molecular formula is C17H28ClN3. The molecule has 0 unspecified atom stereocenters. The van der Waals surface area contributed by atoms with Gasteiger partial charge in [0.1, 0.15) is 0 Å². The molecule has 0 spiro atoms. The predicted molar refractivity (Wildman–Crippen MR) is 87.9 cm³/mol. The molecular weight excluding hydrogens is 282 g/mol. The summed E-state index contributed by atoms with van der Waals surface area (Å²) in [7, 11) is 0. The van der Waals surface area contributed by atoms with Crippen LogP contribution in [0.15, 0.2) is 0 Å². The number of rotatable bonds is 6. The largest absolute Gasteiger partial charge is 0.313 e. The maximum absolute atomic E-state index is 6.55. The molecule has 1 aromatic heterocycles. The zero-order valence-corrected chi connectivity index (χ0v) is 14.2. The third-order valence-corrected chi connectivity index (χ3v) is 5.74. The molecule has 2 saturated carbocycles. The minimum atomic E-state index is 0.393. The zero-order valence-electron chi connectivity index (χ0n) is 13.4. The van der Waals surface area contributed by atoms with Gasteiger partial charge in [-0.15, -0.1) is 0 Å². The third-order valence-electron chi connectivity index (χ3n) is 5.25. The van der Waals surface area contributed by atoms with Gasteiger partial charge in [0.15, 0.2) is 0 Å². The molecule has 1 aromatic rings. The Hall–Kier alpha value is -0.540. The molecule has 4 heteroatoms. The number of halogens is 1. The lowest BCUT2D eigenvalue weighted by Gasteiger charge is -2.38. The fourth-order valence-corrected chi connectivity index (χ4v) is 3.96. The van der Waals surface area contributed by atoms with Crippen LogP contribution in [-0.4, -0.2) is 22.4 Å². The van der Waals surface area contributed by atoms with Gasteiger partial charge in [-0.1, -0.05) is 30.9 Å². The molecule has 0 amide bonds. The minimum Gasteiger partial charge on any atom is -0.313 e. The summed E-state index contributed by atoms with van der Waals surface area (Å²) in [4.78, 5) is 0. The quantitative estimate of drug-likeness (QED) is 0.857. The van der Waals surface area contributed by atoms with Crippen molar-refractivity contribution in [3.63, 3.8) is 0 Å². The van der Waals surface area contributed by atoms with Gasteiger partial charge in [-0.2, -0.15) is 5.10 Å². The molecule has 0 bridgehead atoms. The first-order valence-corrected chi connectivity index (χ1v) is 8.96. The van der Waals surface area contributed by atoms with Crippen molar-refractivity contribution in [2.75, 3.05) is 6.54 Å². The monoisotopic (exact) mass is 309 g/mol. The van der Waals surface area contributed by atoms with Gasteiger partial charge in [0, 0.05) is 19.1 Å². The third kappa shape index (κ3) is 3.45. The Balaban J connectivity index is 1.79. The first kappa shape index (κ1) is 15.4. The molecule has 2 aliphatic rings. The van der Waals surface area contributed by atoms with E-state index in [1.807, 2.05) is 6.92 Å². The van der Waals surface area contributed by atoms with Gasteiger partial charge in [0.05, 0.1) is 16.4 Å². The Bertz CT molecular complexity index is 484. The maximum Gasteiger partial charge on any atom is 0.0847 e. The normalized spacial score (nSPS) is 21.7. The van der Waals surface area contributed by atoms with Crippen molar-refractivity contribution in [2.24, 2.45) is 5.41 Å². The van der Waals surface area contributed by atoms with Crippen LogP contribution >= 0.6 is 11.6 Å². The van der Waals surface area contributed by atoms with E-state index in [0.29, 0.717) is 5.41 Å². The molecule has 2 aliphatic carbocycles. The van der Waals surface area contributed by atoms with Crippen molar-refractivity contribution in [3.05, 3.63) is 16.4 Å². The number of hydrogen-bond donors (Lipinski definition) is 1. The molecule has 1 heterocycles. The van der Waals surface area contributed by atoms with Crippen LogP contribution < -0.4 is 5.32 Å². The van der Waals surface area contributed by atoms with Crippen molar-refractivity contribution >= 4 is 11.6 Å². The van der Waals surface area contributed by atoms with Gasteiger partial charge in [0.2, 0.25) is 0 Å². The minimum absolute atomic E-state index is 0.393. The SMILES string of the molecule is CCn1nc(C)c(Cl)c1CC1(CNC2CC2)CCCCC1. The van der Waals surface area contributed by atoms with Crippen molar-refractivity contribution in [1.29, 1.82) is 0 Å². The molecule has 0 aromatic carbocycles. The number of aryl methyl sites for hydroxylation is 2. The first-order chi connectivity index (χ1) is 10.1. The Morgan fingerprint density at radius 2 is 2.00 bits per heavy atom. The van der Waals surface area contributed by atoms with Crippen LogP contribution in [0.4, 0.5) is 0 Å². The summed E-state index contributed by atoms with van der Waals surface area (Å²) in [6, 6.07) is 0.789. The molecule has 3 rings (SSSR count). The zero-order chi connectivity index (χ0) is 14.9. The second-order valence-electron chi connectivity index (χ2n) is 7.05. The highest BCUT2D eigenvalue weighted by atomic mass is 35.5. The lowest BCUT2D eigenvalue weighted by molar-refractivity contribution is 0.176. The summed E-state index contributed by atoms with van der Waals surface area (Å²) in [5, 5.41) is 9.27. The number of nitrogens with one attached hydrogen (secondary N) is 1. The number of nitrogens with zero attached hydrogens (tertiary/aromatic N) is 2. The topological polar surface area (TPSA) is 29.9 Å². The number of hydrogen-bond acceptors (Lipinski definition) is 2. The van der Waals surface area contributed by atoms with Crippen LogP contribution in [0.3, 0.4) is 0 Å². The van der Waals surface area contributed by atoms with Gasteiger partial charge in [0.25, 0.3) is 0 Å². The average Bonchev–Trinajstić information content (AvgIpc) is 3.29. The summed E-state index contributed by atoms with van der Waals surface area (Å²) >= 11 is 6.55. The molecule has 3 nitrogen and oxygen atoms in total.